The van der Waals surface area contributed by atoms with E-state index in [0.717, 1.165) is 25.0 Å². The summed E-state index contributed by atoms with van der Waals surface area (Å²) in [6.07, 6.45) is 4.00. The smallest absolute Gasteiger partial charge is 0.0366 e. The highest BCUT2D eigenvalue weighted by Crippen LogP contribution is 2.36. The zero-order chi connectivity index (χ0) is 13.2. The molecule has 0 saturated carbocycles. The Bertz CT molecular complexity index is 427. The van der Waals surface area contributed by atoms with E-state index in [1.165, 1.54) is 31.4 Å². The molecule has 1 aromatic rings. The molecule has 0 spiro atoms. The fourth-order valence-electron chi connectivity index (χ4n) is 3.90. The number of rotatable bonds is 2. The number of nitrogens with one attached hydrogen (secondary N) is 1. The Morgan fingerprint density at radius 3 is 2.89 bits per heavy atom. The molecule has 0 bridgehead atoms. The van der Waals surface area contributed by atoms with E-state index in [0.29, 0.717) is 6.04 Å². The highest BCUT2D eigenvalue weighted by Gasteiger charge is 2.34. The minimum Gasteiger partial charge on any atom is -0.313 e. The molecule has 2 aliphatic rings. The highest BCUT2D eigenvalue weighted by molar-refractivity contribution is 5.31. The fraction of sp³-hybridized carbons (Fsp3) is 0.647. The molecule has 1 saturated heterocycles. The van der Waals surface area contributed by atoms with Crippen molar-refractivity contribution in [2.45, 2.75) is 51.7 Å². The van der Waals surface area contributed by atoms with Crippen LogP contribution < -0.4 is 5.32 Å². The first-order chi connectivity index (χ1) is 9.27. The Balaban J connectivity index is 1.91. The molecule has 2 aliphatic heterocycles. The van der Waals surface area contributed by atoms with Crippen LogP contribution in [0.4, 0.5) is 0 Å². The van der Waals surface area contributed by atoms with Crippen LogP contribution in [0, 0.1) is 5.92 Å². The molecule has 19 heavy (non-hydrogen) atoms. The van der Waals surface area contributed by atoms with Crippen molar-refractivity contribution in [2.75, 3.05) is 13.1 Å². The molecule has 1 fully saturated rings. The van der Waals surface area contributed by atoms with Crippen LogP contribution in [0.3, 0.4) is 0 Å². The number of nitrogens with zero attached hydrogens (tertiary/aromatic N) is 1. The number of hydrogen-bond acceptors (Lipinski definition) is 2. The lowest BCUT2D eigenvalue weighted by molar-refractivity contribution is 0.140. The molecule has 2 heterocycles. The lowest BCUT2D eigenvalue weighted by Crippen LogP contribution is -2.37. The monoisotopic (exact) mass is 258 g/mol. The van der Waals surface area contributed by atoms with Crippen molar-refractivity contribution in [3.63, 3.8) is 0 Å². The Hall–Kier alpha value is -0.860. The van der Waals surface area contributed by atoms with Gasteiger partial charge in [-0.2, -0.15) is 0 Å². The van der Waals surface area contributed by atoms with Crippen molar-refractivity contribution < 1.29 is 0 Å². The maximum atomic E-state index is 3.57. The van der Waals surface area contributed by atoms with Crippen molar-refractivity contribution in [3.05, 3.63) is 35.4 Å². The molecular formula is C17H26N2. The summed E-state index contributed by atoms with van der Waals surface area (Å²) in [4.78, 5) is 2.79. The number of likely N-dealkylation sites (tertiary alicyclic amines) is 1. The summed E-state index contributed by atoms with van der Waals surface area (Å²) in [5.41, 5.74) is 3.07. The average molecular weight is 258 g/mol. The zero-order valence-corrected chi connectivity index (χ0v) is 12.2. The minimum atomic E-state index is 0.626. The summed E-state index contributed by atoms with van der Waals surface area (Å²) in [5, 5.41) is 3.57. The molecule has 104 valence electrons. The van der Waals surface area contributed by atoms with Crippen LogP contribution in [0.25, 0.3) is 0 Å². The van der Waals surface area contributed by atoms with Crippen LogP contribution in [0.2, 0.25) is 0 Å². The van der Waals surface area contributed by atoms with Gasteiger partial charge in [-0.1, -0.05) is 38.1 Å². The van der Waals surface area contributed by atoms with E-state index < -0.39 is 0 Å². The first kappa shape index (κ1) is 13.1. The lowest BCUT2D eigenvalue weighted by atomic mass is 9.94. The van der Waals surface area contributed by atoms with Gasteiger partial charge in [0, 0.05) is 18.6 Å². The Kier molecular flexibility index (Phi) is 3.90. The second kappa shape index (κ2) is 5.64. The zero-order valence-electron chi connectivity index (χ0n) is 12.2. The molecular weight excluding hydrogens is 232 g/mol. The van der Waals surface area contributed by atoms with Gasteiger partial charge in [0.1, 0.15) is 0 Å². The quantitative estimate of drug-likeness (QED) is 0.875. The Labute approximate surface area is 117 Å². The molecule has 2 heteroatoms. The summed E-state index contributed by atoms with van der Waals surface area (Å²) < 4.78 is 0. The molecule has 0 aliphatic carbocycles. The van der Waals surface area contributed by atoms with Crippen molar-refractivity contribution in [2.24, 2.45) is 5.92 Å². The molecule has 1 aromatic carbocycles. The van der Waals surface area contributed by atoms with E-state index in [1.807, 2.05) is 0 Å². The summed E-state index contributed by atoms with van der Waals surface area (Å²) >= 11 is 0. The van der Waals surface area contributed by atoms with Gasteiger partial charge in [0.25, 0.3) is 0 Å². The predicted octanol–water partition coefficient (Wildman–Crippen LogP) is 3.34. The standard InChI is InChI=1S/C17H26N2/c1-13(2)16-8-5-11-19(16)17-9-10-18-12-14-6-3-4-7-15(14)17/h3-4,6-7,13,16-18H,5,8-12H2,1-2H3. The molecule has 2 atom stereocenters. The third-order valence-electron chi connectivity index (χ3n) is 4.84. The third-order valence-corrected chi connectivity index (χ3v) is 4.84. The van der Waals surface area contributed by atoms with Gasteiger partial charge in [0.05, 0.1) is 0 Å². The van der Waals surface area contributed by atoms with Gasteiger partial charge in [-0.3, -0.25) is 4.90 Å². The molecule has 2 nitrogen and oxygen atoms in total. The molecule has 1 N–H and O–H groups in total. The summed E-state index contributed by atoms with van der Waals surface area (Å²) in [6, 6.07) is 10.4. The molecule has 3 rings (SSSR count). The topological polar surface area (TPSA) is 15.3 Å². The van der Waals surface area contributed by atoms with Gasteiger partial charge < -0.3 is 5.32 Å². The number of benzene rings is 1. The second-order valence-electron chi connectivity index (χ2n) is 6.37. The molecule has 2 unspecified atom stereocenters. The van der Waals surface area contributed by atoms with Gasteiger partial charge in [-0.15, -0.1) is 0 Å². The van der Waals surface area contributed by atoms with Gasteiger partial charge in [-0.05, 0) is 49.4 Å². The van der Waals surface area contributed by atoms with E-state index >= 15 is 0 Å². The molecule has 0 amide bonds. The van der Waals surface area contributed by atoms with E-state index in [9.17, 15) is 0 Å². The first-order valence-corrected chi connectivity index (χ1v) is 7.81. The lowest BCUT2D eigenvalue weighted by Gasteiger charge is -2.35. The van der Waals surface area contributed by atoms with Gasteiger partial charge in [0.15, 0.2) is 0 Å². The van der Waals surface area contributed by atoms with Crippen LogP contribution in [0.15, 0.2) is 24.3 Å². The van der Waals surface area contributed by atoms with Crippen LogP contribution in [-0.2, 0) is 6.54 Å². The van der Waals surface area contributed by atoms with Crippen LogP contribution in [-0.4, -0.2) is 24.0 Å². The van der Waals surface area contributed by atoms with E-state index in [-0.39, 0.29) is 0 Å². The third kappa shape index (κ3) is 2.56. The minimum absolute atomic E-state index is 0.626. The number of fused-ring (bicyclic) bond motifs is 1. The summed E-state index contributed by atoms with van der Waals surface area (Å²) in [7, 11) is 0. The largest absolute Gasteiger partial charge is 0.313 e. The normalized spacial score (nSPS) is 28.4. The first-order valence-electron chi connectivity index (χ1n) is 7.81. The van der Waals surface area contributed by atoms with Crippen LogP contribution >= 0.6 is 0 Å². The summed E-state index contributed by atoms with van der Waals surface area (Å²) in [6.45, 7) is 8.21. The molecule has 0 radical (unpaired) electrons. The summed E-state index contributed by atoms with van der Waals surface area (Å²) in [5.74, 6) is 0.769. The second-order valence-corrected chi connectivity index (χ2v) is 6.37. The van der Waals surface area contributed by atoms with Crippen molar-refractivity contribution in [3.8, 4) is 0 Å². The van der Waals surface area contributed by atoms with E-state index in [4.69, 9.17) is 0 Å². The maximum absolute atomic E-state index is 3.57. The van der Waals surface area contributed by atoms with Gasteiger partial charge >= 0.3 is 0 Å². The maximum Gasteiger partial charge on any atom is 0.0366 e. The van der Waals surface area contributed by atoms with Gasteiger partial charge in [-0.25, -0.2) is 0 Å². The molecule has 0 aromatic heterocycles. The highest BCUT2D eigenvalue weighted by atomic mass is 15.2. The Morgan fingerprint density at radius 2 is 2.05 bits per heavy atom. The number of hydrogen-bond donors (Lipinski definition) is 1. The van der Waals surface area contributed by atoms with Crippen molar-refractivity contribution in [1.29, 1.82) is 0 Å². The van der Waals surface area contributed by atoms with Crippen LogP contribution in [0.5, 0.6) is 0 Å². The fourth-order valence-corrected chi connectivity index (χ4v) is 3.90. The van der Waals surface area contributed by atoms with E-state index in [1.54, 1.807) is 5.56 Å². The van der Waals surface area contributed by atoms with Crippen molar-refractivity contribution in [1.82, 2.24) is 10.2 Å². The average Bonchev–Trinajstić information content (AvgIpc) is 2.80. The predicted molar refractivity (Wildman–Crippen MR) is 80.1 cm³/mol. The van der Waals surface area contributed by atoms with Gasteiger partial charge in [0.2, 0.25) is 0 Å². The van der Waals surface area contributed by atoms with Crippen molar-refractivity contribution >= 4 is 0 Å². The SMILES string of the molecule is CC(C)C1CCCN1C1CCNCc2ccccc21. The van der Waals surface area contributed by atoms with Crippen LogP contribution in [0.1, 0.15) is 50.3 Å². The Morgan fingerprint density at radius 1 is 1.21 bits per heavy atom. The van der Waals surface area contributed by atoms with E-state index in [2.05, 4.69) is 48.3 Å².